The lowest BCUT2D eigenvalue weighted by Crippen LogP contribution is -2.67. The summed E-state index contributed by atoms with van der Waals surface area (Å²) in [5.41, 5.74) is 2.12. The van der Waals surface area contributed by atoms with Crippen LogP contribution in [0.2, 0.25) is 0 Å². The number of amides is 3. The van der Waals surface area contributed by atoms with Crippen LogP contribution >= 0.6 is 0 Å². The van der Waals surface area contributed by atoms with Gasteiger partial charge in [0.2, 0.25) is 0 Å². The zero-order valence-electron chi connectivity index (χ0n) is 19.5. The van der Waals surface area contributed by atoms with Gasteiger partial charge in [0.15, 0.2) is 0 Å². The molecule has 3 aromatic rings. The van der Waals surface area contributed by atoms with Gasteiger partial charge in [0.25, 0.3) is 17.7 Å². The number of hydrogen-bond acceptors (Lipinski definition) is 4. The molecule has 1 fully saturated rings. The first-order valence-electron chi connectivity index (χ1n) is 11.7. The Bertz CT molecular complexity index is 1290. The maximum absolute atomic E-state index is 14.4. The van der Waals surface area contributed by atoms with Crippen molar-refractivity contribution in [3.8, 4) is 5.75 Å². The predicted molar refractivity (Wildman–Crippen MR) is 129 cm³/mol. The van der Waals surface area contributed by atoms with E-state index in [1.807, 2.05) is 12.1 Å². The van der Waals surface area contributed by atoms with Crippen molar-refractivity contribution in [1.82, 2.24) is 4.90 Å². The Morgan fingerprint density at radius 2 is 1.51 bits per heavy atom. The van der Waals surface area contributed by atoms with Crippen LogP contribution in [-0.4, -0.2) is 35.3 Å². The highest BCUT2D eigenvalue weighted by Crippen LogP contribution is 2.44. The minimum atomic E-state index is -1.03. The van der Waals surface area contributed by atoms with Gasteiger partial charge in [0.1, 0.15) is 17.6 Å². The molecule has 2 atom stereocenters. The van der Waals surface area contributed by atoms with Gasteiger partial charge < -0.3 is 9.64 Å². The van der Waals surface area contributed by atoms with Crippen molar-refractivity contribution < 1.29 is 23.5 Å². The Hall–Kier alpha value is -4.00. The second-order valence-electron chi connectivity index (χ2n) is 8.83. The van der Waals surface area contributed by atoms with E-state index in [0.29, 0.717) is 23.6 Å². The molecule has 2 aliphatic heterocycles. The van der Waals surface area contributed by atoms with E-state index in [2.05, 4.69) is 6.92 Å². The lowest BCUT2D eigenvalue weighted by Gasteiger charge is -2.49. The number of aryl methyl sites for hydroxylation is 1. The highest BCUT2D eigenvalue weighted by atomic mass is 19.1. The summed E-state index contributed by atoms with van der Waals surface area (Å²) in [6.07, 6.45) is 1.96. The number of nitrogens with zero attached hydrogens (tertiary/aromatic N) is 2. The fourth-order valence-corrected chi connectivity index (χ4v) is 4.63. The number of halogens is 1. The molecule has 0 radical (unpaired) electrons. The van der Waals surface area contributed by atoms with E-state index >= 15 is 0 Å². The second-order valence-corrected chi connectivity index (χ2v) is 8.83. The molecule has 6 nitrogen and oxygen atoms in total. The minimum absolute atomic E-state index is 0.281. The fraction of sp³-hybridized carbons (Fsp3) is 0.250. The smallest absolute Gasteiger partial charge is 0.262 e. The summed E-state index contributed by atoms with van der Waals surface area (Å²) in [5.74, 6) is -1.17. The maximum atomic E-state index is 14.4. The van der Waals surface area contributed by atoms with Gasteiger partial charge >= 0.3 is 0 Å². The zero-order chi connectivity index (χ0) is 24.7. The molecular formula is C28H25FN2O4. The minimum Gasteiger partial charge on any atom is -0.494 e. The van der Waals surface area contributed by atoms with Crippen molar-refractivity contribution in [2.24, 2.45) is 0 Å². The number of unbranched alkanes of at least 4 members (excludes halogenated alkanes) is 1. The molecular weight excluding hydrogens is 447 g/mol. The molecule has 0 aliphatic carbocycles. The number of rotatable bonds is 7. The van der Waals surface area contributed by atoms with E-state index in [4.69, 9.17) is 4.74 Å². The molecule has 0 saturated carbocycles. The van der Waals surface area contributed by atoms with Crippen LogP contribution in [-0.2, 0) is 4.79 Å². The summed E-state index contributed by atoms with van der Waals surface area (Å²) >= 11 is 0. The topological polar surface area (TPSA) is 66.9 Å². The van der Waals surface area contributed by atoms with Crippen molar-refractivity contribution in [3.63, 3.8) is 0 Å². The molecule has 0 unspecified atom stereocenters. The lowest BCUT2D eigenvalue weighted by atomic mass is 9.86. The molecule has 1 saturated heterocycles. The van der Waals surface area contributed by atoms with Crippen LogP contribution in [0.1, 0.15) is 57.7 Å². The average Bonchev–Trinajstić information content (AvgIpc) is 3.11. The Kier molecular flexibility index (Phi) is 5.84. The number of carbonyl (C=O) groups excluding carboxylic acids is 3. The van der Waals surface area contributed by atoms with Gasteiger partial charge in [-0.05, 0) is 60.9 Å². The van der Waals surface area contributed by atoms with Crippen molar-refractivity contribution >= 4 is 23.4 Å². The third-order valence-electron chi connectivity index (χ3n) is 6.59. The SMILES string of the molecule is CCCCOc1ccc([C@H]2[C@H](N3C(=O)c4ccccc4C3=O)C(=O)N2c2ccc(C)c(F)c2)cc1. The van der Waals surface area contributed by atoms with E-state index in [1.54, 1.807) is 55.5 Å². The molecule has 2 heterocycles. The Morgan fingerprint density at radius 3 is 2.11 bits per heavy atom. The Morgan fingerprint density at radius 1 is 0.857 bits per heavy atom. The van der Waals surface area contributed by atoms with Crippen molar-refractivity contribution in [2.45, 2.75) is 38.8 Å². The normalized spacial score (nSPS) is 19.1. The largest absolute Gasteiger partial charge is 0.494 e. The zero-order valence-corrected chi connectivity index (χ0v) is 19.5. The van der Waals surface area contributed by atoms with Gasteiger partial charge in [-0.2, -0.15) is 0 Å². The third-order valence-corrected chi connectivity index (χ3v) is 6.59. The number of benzene rings is 3. The number of ether oxygens (including phenoxy) is 1. The lowest BCUT2D eigenvalue weighted by molar-refractivity contribution is -0.130. The van der Waals surface area contributed by atoms with Crippen molar-refractivity contribution in [1.29, 1.82) is 0 Å². The first kappa shape index (κ1) is 22.8. The highest BCUT2D eigenvalue weighted by molar-refractivity contribution is 6.24. The molecule has 5 rings (SSSR count). The van der Waals surface area contributed by atoms with Crippen LogP contribution < -0.4 is 9.64 Å². The van der Waals surface area contributed by atoms with Gasteiger partial charge in [0.05, 0.1) is 23.8 Å². The van der Waals surface area contributed by atoms with Crippen molar-refractivity contribution in [2.75, 3.05) is 11.5 Å². The third kappa shape index (κ3) is 3.77. The van der Waals surface area contributed by atoms with E-state index in [1.165, 1.54) is 11.0 Å². The summed E-state index contributed by atoms with van der Waals surface area (Å²) in [7, 11) is 0. The molecule has 0 spiro atoms. The second kappa shape index (κ2) is 8.98. The molecule has 3 amide bonds. The monoisotopic (exact) mass is 472 g/mol. The summed E-state index contributed by atoms with van der Waals surface area (Å²) < 4.78 is 20.1. The molecule has 0 bridgehead atoms. The number of imide groups is 1. The van der Waals surface area contributed by atoms with Crippen LogP contribution in [0.15, 0.2) is 66.7 Å². The number of fused-ring (bicyclic) bond motifs is 1. The molecule has 178 valence electrons. The van der Waals surface area contributed by atoms with Gasteiger partial charge in [-0.25, -0.2) is 4.39 Å². The standard InChI is InChI=1S/C28H25FN2O4/c1-3-4-15-35-20-13-10-18(11-14-20)24-25(28(34)30(24)19-12-9-17(2)23(29)16-19)31-26(32)21-7-5-6-8-22(21)27(31)33/h5-14,16,24-25H,3-4,15H2,1-2H3/t24-,25-/m0/s1. The van der Waals surface area contributed by atoms with Gasteiger partial charge in [-0.3, -0.25) is 19.3 Å². The molecule has 7 heteroatoms. The van der Waals surface area contributed by atoms with Crippen LogP contribution in [0.4, 0.5) is 10.1 Å². The van der Waals surface area contributed by atoms with E-state index in [0.717, 1.165) is 23.3 Å². The molecule has 3 aromatic carbocycles. The summed E-state index contributed by atoms with van der Waals surface area (Å²) in [4.78, 5) is 42.3. The number of anilines is 1. The number of hydrogen-bond donors (Lipinski definition) is 0. The van der Waals surface area contributed by atoms with E-state index < -0.39 is 35.6 Å². The van der Waals surface area contributed by atoms with E-state index in [9.17, 15) is 18.8 Å². The molecule has 35 heavy (non-hydrogen) atoms. The first-order chi connectivity index (χ1) is 16.9. The molecule has 0 aromatic heterocycles. The van der Waals surface area contributed by atoms with Gasteiger partial charge in [-0.1, -0.05) is 43.7 Å². The van der Waals surface area contributed by atoms with Crippen LogP contribution in [0.25, 0.3) is 0 Å². The number of carbonyl (C=O) groups is 3. The molecule has 2 aliphatic rings. The average molecular weight is 473 g/mol. The van der Waals surface area contributed by atoms with Crippen LogP contribution in [0.5, 0.6) is 5.75 Å². The summed E-state index contributed by atoms with van der Waals surface area (Å²) in [5, 5.41) is 0. The molecule has 0 N–H and O–H groups in total. The van der Waals surface area contributed by atoms with E-state index in [-0.39, 0.29) is 11.1 Å². The van der Waals surface area contributed by atoms with Gasteiger partial charge in [0, 0.05) is 5.69 Å². The highest BCUT2D eigenvalue weighted by Gasteiger charge is 2.57. The summed E-state index contributed by atoms with van der Waals surface area (Å²) in [6.45, 7) is 4.33. The maximum Gasteiger partial charge on any atom is 0.262 e. The Balaban J connectivity index is 1.52. The fourth-order valence-electron chi connectivity index (χ4n) is 4.63. The van der Waals surface area contributed by atoms with Crippen LogP contribution in [0.3, 0.4) is 0 Å². The Labute approximate surface area is 202 Å². The predicted octanol–water partition coefficient (Wildman–Crippen LogP) is 5.07. The van der Waals surface area contributed by atoms with Crippen LogP contribution in [0, 0.1) is 12.7 Å². The van der Waals surface area contributed by atoms with Gasteiger partial charge in [-0.15, -0.1) is 0 Å². The summed E-state index contributed by atoms with van der Waals surface area (Å²) in [6, 6.07) is 16.7. The quantitative estimate of drug-likeness (QED) is 0.274. The first-order valence-corrected chi connectivity index (χ1v) is 11.7. The van der Waals surface area contributed by atoms with Crippen molar-refractivity contribution in [3.05, 3.63) is 94.8 Å². The number of β-lactam (4-membered cyclic amide) rings is 1.